The number of anilines is 1. The van der Waals surface area contributed by atoms with Gasteiger partial charge in [-0.25, -0.2) is 42.8 Å². The van der Waals surface area contributed by atoms with E-state index in [1.807, 2.05) is 0 Å². The lowest BCUT2D eigenvalue weighted by molar-refractivity contribution is -0.0457. The highest BCUT2D eigenvalue weighted by Gasteiger charge is 2.52. The first kappa shape index (κ1) is 29.1. The van der Waals surface area contributed by atoms with Crippen LogP contribution >= 0.6 is 15.6 Å². The van der Waals surface area contributed by atoms with Crippen LogP contribution in [0.4, 0.5) is 14.6 Å². The van der Waals surface area contributed by atoms with Crippen LogP contribution < -0.4 is 11.3 Å². The Balaban J connectivity index is 1.23. The van der Waals surface area contributed by atoms with Crippen LogP contribution in [0.3, 0.4) is 0 Å². The second-order valence-electron chi connectivity index (χ2n) is 9.98. The number of aromatic nitrogens is 8. The van der Waals surface area contributed by atoms with Crippen LogP contribution in [0.1, 0.15) is 12.6 Å². The number of halogens is 2. The highest BCUT2D eigenvalue weighted by atomic mass is 31.2. The number of hydrogen-bond acceptors (Lipinski definition) is 14. The number of allylic oxidation sites excluding steroid dienone is 2. The number of ether oxygens (including phenoxy) is 1. The predicted octanol–water partition coefficient (Wildman–Crippen LogP) is 0.953. The summed E-state index contributed by atoms with van der Waals surface area (Å²) >= 11 is 0. The minimum Gasteiger partial charge on any atom is -0.404 e. The predicted molar refractivity (Wildman–Crippen MR) is 140 cm³/mol. The van der Waals surface area contributed by atoms with E-state index in [-0.39, 0.29) is 40.3 Å². The molecule has 234 valence electrons. The van der Waals surface area contributed by atoms with Crippen LogP contribution in [0, 0.1) is 5.92 Å². The van der Waals surface area contributed by atoms with Gasteiger partial charge in [-0.1, -0.05) is 0 Å². The molecule has 2 bridgehead atoms. The minimum absolute atomic E-state index is 0.00309. The maximum absolute atomic E-state index is 15.9. The van der Waals surface area contributed by atoms with Gasteiger partial charge in [0.05, 0.1) is 31.6 Å². The lowest BCUT2D eigenvalue weighted by Gasteiger charge is -2.23. The second kappa shape index (κ2) is 10.5. The molecule has 4 unspecified atom stereocenters. The van der Waals surface area contributed by atoms with Gasteiger partial charge in [0.1, 0.15) is 30.4 Å². The van der Waals surface area contributed by atoms with Gasteiger partial charge in [0.2, 0.25) is 0 Å². The van der Waals surface area contributed by atoms with Gasteiger partial charge in [0.15, 0.2) is 47.0 Å². The topological polar surface area (TPSA) is 254 Å². The van der Waals surface area contributed by atoms with Gasteiger partial charge in [-0.05, 0) is 6.42 Å². The molecule has 4 aromatic heterocycles. The molecule has 44 heavy (non-hydrogen) atoms. The molecule has 7 rings (SSSR count). The minimum atomic E-state index is -5.18. The molecule has 19 nitrogen and oxygen atoms in total. The van der Waals surface area contributed by atoms with Gasteiger partial charge in [-0.15, -0.1) is 0 Å². The number of fused-ring (bicyclic) bond motifs is 5. The molecule has 3 aliphatic rings. The number of H-pyrrole nitrogens is 1. The average Bonchev–Trinajstić information content (AvgIpc) is 3.73. The van der Waals surface area contributed by atoms with E-state index in [0.29, 0.717) is 0 Å². The third-order valence-electron chi connectivity index (χ3n) is 7.29. The van der Waals surface area contributed by atoms with Crippen molar-refractivity contribution in [1.29, 1.82) is 0 Å². The summed E-state index contributed by atoms with van der Waals surface area (Å²) in [6, 6.07) is 0. The Kier molecular flexibility index (Phi) is 6.90. The van der Waals surface area contributed by atoms with Crippen molar-refractivity contribution in [2.45, 2.75) is 37.2 Å². The summed E-state index contributed by atoms with van der Waals surface area (Å²) in [4.78, 5) is 55.4. The van der Waals surface area contributed by atoms with E-state index in [2.05, 4.69) is 29.9 Å². The summed E-state index contributed by atoms with van der Waals surface area (Å²) in [5.74, 6) is -1.96. The number of nitrogens with two attached hydrogens (primary N) is 1. The smallest absolute Gasteiger partial charge is 0.404 e. The van der Waals surface area contributed by atoms with Crippen molar-refractivity contribution in [3.63, 3.8) is 0 Å². The molecular formula is C21H21F2N9O10P2. The van der Waals surface area contributed by atoms with Gasteiger partial charge < -0.3 is 24.9 Å². The van der Waals surface area contributed by atoms with Crippen molar-refractivity contribution < 1.29 is 50.5 Å². The van der Waals surface area contributed by atoms with E-state index in [9.17, 15) is 23.7 Å². The molecule has 23 heteroatoms. The Hall–Kier alpha value is -3.68. The van der Waals surface area contributed by atoms with Gasteiger partial charge in [-0.2, -0.15) is 0 Å². The third kappa shape index (κ3) is 4.90. The third-order valence-corrected chi connectivity index (χ3v) is 9.17. The molecule has 2 saturated heterocycles. The van der Waals surface area contributed by atoms with Crippen molar-refractivity contribution in [2.75, 3.05) is 18.9 Å². The molecule has 0 spiro atoms. The number of phosphoric ester groups is 2. The fourth-order valence-corrected chi connectivity index (χ4v) is 7.10. The first-order valence-corrected chi connectivity index (χ1v) is 15.7. The van der Waals surface area contributed by atoms with E-state index in [4.69, 9.17) is 28.6 Å². The molecule has 0 saturated carbocycles. The second-order valence-corrected chi connectivity index (χ2v) is 12.8. The van der Waals surface area contributed by atoms with Crippen molar-refractivity contribution in [1.82, 2.24) is 39.0 Å². The van der Waals surface area contributed by atoms with E-state index in [1.165, 1.54) is 4.57 Å². The molecule has 5 N–H and O–H groups in total. The number of imidazole rings is 2. The van der Waals surface area contributed by atoms with Crippen LogP contribution in [0.2, 0.25) is 0 Å². The molecule has 2 aliphatic heterocycles. The average molecular weight is 659 g/mol. The lowest BCUT2D eigenvalue weighted by atomic mass is 10.1. The molecule has 0 aromatic carbocycles. The van der Waals surface area contributed by atoms with Crippen molar-refractivity contribution >= 4 is 49.5 Å². The normalized spacial score (nSPS) is 34.8. The highest BCUT2D eigenvalue weighted by Crippen LogP contribution is 2.55. The van der Waals surface area contributed by atoms with Crippen LogP contribution in [-0.2, 0) is 32.0 Å². The number of nitrogens with one attached hydrogen (secondary N) is 1. The first-order chi connectivity index (χ1) is 20.9. The summed E-state index contributed by atoms with van der Waals surface area (Å²) in [7, 11) is -10.3. The largest absolute Gasteiger partial charge is 0.527 e. The SMILES string of the molecule is Nc1ncnc2c1ncn2[C@@H]1O[C@@H]2COP(=O)(O)OC3=C(n4cnc5c(=O)[nH]cnc54)C[C@H](COP(=O)(O)O[C@@H]2C1F)C3F. The van der Waals surface area contributed by atoms with Gasteiger partial charge in [-0.3, -0.25) is 32.4 Å². The van der Waals surface area contributed by atoms with Gasteiger partial charge in [0, 0.05) is 5.92 Å². The number of alkyl halides is 2. The molecule has 2 fully saturated rings. The number of hydrogen-bond donors (Lipinski definition) is 4. The van der Waals surface area contributed by atoms with Crippen LogP contribution in [0.5, 0.6) is 0 Å². The zero-order valence-electron chi connectivity index (χ0n) is 21.9. The van der Waals surface area contributed by atoms with Gasteiger partial charge in [0.25, 0.3) is 5.56 Å². The van der Waals surface area contributed by atoms with E-state index >= 15 is 8.78 Å². The van der Waals surface area contributed by atoms with Crippen molar-refractivity contribution in [2.24, 2.45) is 5.92 Å². The quantitative estimate of drug-likeness (QED) is 0.219. The maximum Gasteiger partial charge on any atom is 0.527 e. The van der Waals surface area contributed by atoms with Crippen molar-refractivity contribution in [3.05, 3.63) is 41.4 Å². The number of aromatic amines is 1. The fourth-order valence-electron chi connectivity index (χ4n) is 5.26. The maximum atomic E-state index is 15.9. The first-order valence-electron chi connectivity index (χ1n) is 12.8. The van der Waals surface area contributed by atoms with E-state index in [0.717, 1.165) is 29.9 Å². The van der Waals surface area contributed by atoms with Crippen LogP contribution in [-0.4, -0.2) is 86.6 Å². The summed E-state index contributed by atoms with van der Waals surface area (Å²) in [5, 5.41) is 0. The summed E-state index contributed by atoms with van der Waals surface area (Å²) < 4.78 is 86.0. The summed E-state index contributed by atoms with van der Waals surface area (Å²) in [5.41, 5.74) is 5.17. The Labute approximate surface area is 242 Å². The molecule has 8 atom stereocenters. The number of nitrogen functional groups attached to an aromatic ring is 1. The Bertz CT molecular complexity index is 1970. The Morgan fingerprint density at radius 2 is 1.77 bits per heavy atom. The number of nitrogens with zero attached hydrogens (tertiary/aromatic N) is 7. The van der Waals surface area contributed by atoms with Crippen LogP contribution in [0.15, 0.2) is 35.9 Å². The molecule has 1 aliphatic carbocycles. The van der Waals surface area contributed by atoms with E-state index in [1.54, 1.807) is 0 Å². The van der Waals surface area contributed by atoms with E-state index < -0.39 is 76.9 Å². The molecule has 0 amide bonds. The molecule has 6 heterocycles. The zero-order valence-corrected chi connectivity index (χ0v) is 23.7. The monoisotopic (exact) mass is 659 g/mol. The fraction of sp³-hybridized carbons (Fsp3) is 0.429. The molecule has 0 radical (unpaired) electrons. The number of rotatable bonds is 2. The lowest BCUT2D eigenvalue weighted by Crippen LogP contribution is -2.34. The molecular weight excluding hydrogens is 638 g/mol. The van der Waals surface area contributed by atoms with Crippen molar-refractivity contribution in [3.8, 4) is 0 Å². The van der Waals surface area contributed by atoms with Crippen LogP contribution in [0.25, 0.3) is 28.0 Å². The standard InChI is InChI=1S/C21H21F2N9O10P2/c22-11-8-1-9(31-6-30-14-19(31)27-5-28-20(14)33)15(11)41-44(36,37)39-3-10-16(42-43(34,35)38-2-8)12(23)21(40-10)32-7-29-13-17(24)25-4-26-18(13)32/h4-8,10-12,16,21H,1-3H2,(H,34,35)(H,36,37)(H2,24,25,26)(H,27,28,33)/t8-,10-,11?,12?,16+,21-/m1/s1. The Morgan fingerprint density at radius 3 is 2.59 bits per heavy atom. The summed E-state index contributed by atoms with van der Waals surface area (Å²) in [6.45, 7) is -1.70. The number of phosphoric acid groups is 2. The summed E-state index contributed by atoms with van der Waals surface area (Å²) in [6.07, 6.45) is -5.25. The van der Waals surface area contributed by atoms with Gasteiger partial charge >= 0.3 is 15.6 Å². The Morgan fingerprint density at radius 1 is 1.00 bits per heavy atom. The highest BCUT2D eigenvalue weighted by molar-refractivity contribution is 7.47. The molecule has 4 aromatic rings. The zero-order chi connectivity index (χ0) is 31.0.